The van der Waals surface area contributed by atoms with Crippen molar-refractivity contribution in [3.8, 4) is 0 Å². The Labute approximate surface area is 153 Å². The molecule has 0 saturated carbocycles. The molecule has 9 heteroatoms. The van der Waals surface area contributed by atoms with Gasteiger partial charge in [0.1, 0.15) is 0 Å². The second-order valence-electron chi connectivity index (χ2n) is 5.92. The standard InChI is InChI=1S/C18H18F3N3O3/c1-11-6-4-8-13(10-11)15(25)24-17(16(26)27-3,18(19,20)21)23-14-12(2)7-5-9-22-14/h4-10H,1-3H3,(H,22,23)(H,24,25)/p+1/t17-/m1/s1. The predicted octanol–water partition coefficient (Wildman–Crippen LogP) is 2.39. The molecule has 0 bridgehead atoms. The molecule has 0 unspecified atom stereocenters. The van der Waals surface area contributed by atoms with Gasteiger partial charge < -0.3 is 4.74 Å². The summed E-state index contributed by atoms with van der Waals surface area (Å²) in [4.78, 5) is 27.3. The number of ether oxygens (including phenoxy) is 1. The van der Waals surface area contributed by atoms with Gasteiger partial charge in [0.25, 0.3) is 11.7 Å². The first kappa shape index (κ1) is 20.2. The van der Waals surface area contributed by atoms with Gasteiger partial charge in [-0.1, -0.05) is 17.7 Å². The van der Waals surface area contributed by atoms with E-state index in [1.165, 1.54) is 24.4 Å². The number of methoxy groups -OCH3 is 1. The molecule has 2 aromatic rings. The molecular formula is C18H19F3N3O3+. The molecule has 1 aromatic carbocycles. The lowest BCUT2D eigenvalue weighted by Crippen LogP contribution is -2.69. The quantitative estimate of drug-likeness (QED) is 0.615. The van der Waals surface area contributed by atoms with Gasteiger partial charge in [-0.15, -0.1) is 0 Å². The number of carbonyl (C=O) groups excluding carboxylic acids is 2. The van der Waals surface area contributed by atoms with Crippen molar-refractivity contribution in [1.82, 2.24) is 5.32 Å². The minimum absolute atomic E-state index is 0.0249. The van der Waals surface area contributed by atoms with Crippen LogP contribution in [0.3, 0.4) is 0 Å². The van der Waals surface area contributed by atoms with Gasteiger partial charge in [0.2, 0.25) is 0 Å². The number of rotatable bonds is 5. The highest BCUT2D eigenvalue weighted by Gasteiger charge is 2.67. The average molecular weight is 382 g/mol. The molecule has 0 saturated heterocycles. The first-order chi connectivity index (χ1) is 12.6. The van der Waals surface area contributed by atoms with E-state index in [0.29, 0.717) is 11.1 Å². The van der Waals surface area contributed by atoms with Crippen LogP contribution in [0.2, 0.25) is 0 Å². The third-order valence-electron chi connectivity index (χ3n) is 3.88. The Balaban J connectivity index is 2.52. The van der Waals surface area contributed by atoms with E-state index in [-0.39, 0.29) is 11.4 Å². The second kappa shape index (κ2) is 7.65. The van der Waals surface area contributed by atoms with E-state index in [9.17, 15) is 22.8 Å². The number of aromatic nitrogens is 1. The number of carbonyl (C=O) groups is 2. The number of benzene rings is 1. The van der Waals surface area contributed by atoms with E-state index in [2.05, 4.69) is 15.0 Å². The van der Waals surface area contributed by atoms with Crippen LogP contribution in [0, 0.1) is 13.8 Å². The van der Waals surface area contributed by atoms with Gasteiger partial charge in [-0.05, 0) is 38.1 Å². The van der Waals surface area contributed by atoms with E-state index < -0.39 is 23.7 Å². The van der Waals surface area contributed by atoms with Crippen molar-refractivity contribution in [1.29, 1.82) is 0 Å². The summed E-state index contributed by atoms with van der Waals surface area (Å²) in [5.74, 6) is -2.88. The zero-order chi connectivity index (χ0) is 20.2. The van der Waals surface area contributed by atoms with Gasteiger partial charge in [-0.2, -0.15) is 13.2 Å². The zero-order valence-electron chi connectivity index (χ0n) is 14.9. The number of hydrogen-bond acceptors (Lipinski definition) is 4. The van der Waals surface area contributed by atoms with Crippen LogP contribution in [-0.4, -0.2) is 30.8 Å². The molecule has 0 aliphatic carbocycles. The van der Waals surface area contributed by atoms with Crippen LogP contribution in [0.25, 0.3) is 0 Å². The minimum Gasteiger partial charge on any atom is -0.464 e. The van der Waals surface area contributed by atoms with E-state index in [1.54, 1.807) is 37.4 Å². The van der Waals surface area contributed by atoms with Crippen molar-refractivity contribution in [3.05, 3.63) is 59.3 Å². The van der Waals surface area contributed by atoms with Gasteiger partial charge in [0.15, 0.2) is 0 Å². The Bertz CT molecular complexity index is 855. The number of alkyl halides is 3. The molecule has 1 amide bonds. The maximum Gasteiger partial charge on any atom is 0.464 e. The first-order valence-corrected chi connectivity index (χ1v) is 7.90. The SMILES string of the molecule is COC(=O)[C@](NC(=O)c1cccc(C)c1)(Nc1[nH+]cccc1C)C(F)(F)F. The third-order valence-corrected chi connectivity index (χ3v) is 3.88. The molecule has 0 radical (unpaired) electrons. The summed E-state index contributed by atoms with van der Waals surface area (Å²) in [5.41, 5.74) is -2.42. The minimum atomic E-state index is -5.20. The molecule has 0 aliphatic heterocycles. The number of amides is 1. The van der Waals surface area contributed by atoms with Gasteiger partial charge in [-0.25, -0.2) is 15.1 Å². The number of aryl methyl sites for hydroxylation is 2. The molecule has 1 atom stereocenters. The Morgan fingerprint density at radius 1 is 1.11 bits per heavy atom. The van der Waals surface area contributed by atoms with Crippen LogP contribution < -0.4 is 15.6 Å². The Morgan fingerprint density at radius 3 is 2.37 bits per heavy atom. The van der Waals surface area contributed by atoms with Crippen molar-refractivity contribution < 1.29 is 32.5 Å². The highest BCUT2D eigenvalue weighted by atomic mass is 19.4. The maximum absolute atomic E-state index is 14.0. The van der Waals surface area contributed by atoms with E-state index in [1.807, 2.05) is 0 Å². The average Bonchev–Trinajstić information content (AvgIpc) is 2.61. The molecular weight excluding hydrogens is 363 g/mol. The predicted molar refractivity (Wildman–Crippen MR) is 90.8 cm³/mol. The third kappa shape index (κ3) is 4.18. The number of H-pyrrole nitrogens is 1. The molecule has 144 valence electrons. The fraction of sp³-hybridized carbons (Fsp3) is 0.278. The van der Waals surface area contributed by atoms with Crippen LogP contribution in [0.4, 0.5) is 19.0 Å². The molecule has 1 aromatic heterocycles. The lowest BCUT2D eigenvalue weighted by atomic mass is 10.1. The molecule has 0 spiro atoms. The van der Waals surface area contributed by atoms with Gasteiger partial charge in [0.05, 0.1) is 13.3 Å². The summed E-state index contributed by atoms with van der Waals surface area (Å²) in [6.45, 7) is 3.23. The normalized spacial score (nSPS) is 13.4. The van der Waals surface area contributed by atoms with Crippen LogP contribution in [0.15, 0.2) is 42.6 Å². The summed E-state index contributed by atoms with van der Waals surface area (Å²) in [7, 11) is 0.810. The van der Waals surface area contributed by atoms with Crippen LogP contribution in [0.5, 0.6) is 0 Å². The highest BCUT2D eigenvalue weighted by Crippen LogP contribution is 2.33. The molecule has 6 nitrogen and oxygen atoms in total. The molecule has 3 N–H and O–H groups in total. The molecule has 27 heavy (non-hydrogen) atoms. The summed E-state index contributed by atoms with van der Waals surface area (Å²) in [5, 5.41) is 3.85. The zero-order valence-corrected chi connectivity index (χ0v) is 14.9. The molecule has 0 fully saturated rings. The molecule has 2 rings (SSSR count). The lowest BCUT2D eigenvalue weighted by Gasteiger charge is -2.30. The van der Waals surface area contributed by atoms with Gasteiger partial charge >= 0.3 is 17.8 Å². The first-order valence-electron chi connectivity index (χ1n) is 7.90. The topological polar surface area (TPSA) is 81.6 Å². The summed E-state index contributed by atoms with van der Waals surface area (Å²) < 4.78 is 46.3. The Kier molecular flexibility index (Phi) is 5.72. The fourth-order valence-electron chi connectivity index (χ4n) is 2.42. The van der Waals surface area contributed by atoms with Crippen molar-refractivity contribution in [2.75, 3.05) is 12.4 Å². The number of anilines is 1. The Hall–Kier alpha value is -3.10. The smallest absolute Gasteiger partial charge is 0.464 e. The summed E-state index contributed by atoms with van der Waals surface area (Å²) in [6.07, 6.45) is -3.81. The second-order valence-corrected chi connectivity index (χ2v) is 5.92. The van der Waals surface area contributed by atoms with Gasteiger partial charge in [-0.3, -0.25) is 10.1 Å². The number of pyridine rings is 1. The number of aromatic amines is 1. The lowest BCUT2D eigenvalue weighted by molar-refractivity contribution is -0.363. The number of hydrogen-bond donors (Lipinski definition) is 2. The Morgan fingerprint density at radius 2 is 1.81 bits per heavy atom. The number of halogens is 3. The van der Waals surface area contributed by atoms with Crippen LogP contribution >= 0.6 is 0 Å². The summed E-state index contributed by atoms with van der Waals surface area (Å²) in [6, 6.07) is 9.10. The van der Waals surface area contributed by atoms with Crippen LogP contribution in [0.1, 0.15) is 21.5 Å². The largest absolute Gasteiger partial charge is 0.464 e. The monoisotopic (exact) mass is 382 g/mol. The van der Waals surface area contributed by atoms with E-state index >= 15 is 0 Å². The van der Waals surface area contributed by atoms with Crippen molar-refractivity contribution >= 4 is 17.7 Å². The van der Waals surface area contributed by atoms with E-state index in [4.69, 9.17) is 0 Å². The number of esters is 1. The molecule has 1 heterocycles. The van der Waals surface area contributed by atoms with E-state index in [0.717, 1.165) is 7.11 Å². The summed E-state index contributed by atoms with van der Waals surface area (Å²) >= 11 is 0. The molecule has 0 aliphatic rings. The van der Waals surface area contributed by atoms with Crippen molar-refractivity contribution in [2.45, 2.75) is 25.7 Å². The van der Waals surface area contributed by atoms with Crippen molar-refractivity contribution in [3.63, 3.8) is 0 Å². The maximum atomic E-state index is 14.0. The number of nitrogens with one attached hydrogen (secondary N) is 3. The highest BCUT2D eigenvalue weighted by molar-refractivity contribution is 5.99. The van der Waals surface area contributed by atoms with Crippen LogP contribution in [-0.2, 0) is 9.53 Å². The van der Waals surface area contributed by atoms with Gasteiger partial charge in [0, 0.05) is 11.1 Å². The fourth-order valence-corrected chi connectivity index (χ4v) is 2.42. The van der Waals surface area contributed by atoms with Crippen molar-refractivity contribution in [2.24, 2.45) is 0 Å².